The molecular weight excluding hydrogens is 220 g/mol. The second-order valence-corrected chi connectivity index (χ2v) is 4.55. The number of nitrogens with zero attached hydrogens (tertiary/aromatic N) is 2. The van der Waals surface area contributed by atoms with Crippen LogP contribution in [0.25, 0.3) is 0 Å². The van der Waals surface area contributed by atoms with Crippen LogP contribution in [0.2, 0.25) is 0 Å². The second kappa shape index (κ2) is 4.54. The fraction of sp³-hybridized carbons (Fsp3) is 0.188. The normalized spacial score (nSPS) is 17.3. The van der Waals surface area contributed by atoms with Crippen LogP contribution in [0.4, 0.5) is 11.4 Å². The maximum Gasteiger partial charge on any atom is 0.0643 e. The molecule has 1 atom stereocenters. The molecule has 1 aliphatic rings. The molecular formula is C16H14N2. The summed E-state index contributed by atoms with van der Waals surface area (Å²) in [4.78, 5) is 2.29. The lowest BCUT2D eigenvalue weighted by Gasteiger charge is -2.26. The molecule has 2 nitrogen and oxygen atoms in total. The van der Waals surface area contributed by atoms with E-state index in [1.165, 1.54) is 16.9 Å². The molecule has 0 saturated heterocycles. The van der Waals surface area contributed by atoms with Crippen LogP contribution in [-0.4, -0.2) is 6.04 Å². The number of para-hydroxylation sites is 2. The molecule has 0 spiro atoms. The van der Waals surface area contributed by atoms with Gasteiger partial charge in [-0.05, 0) is 30.2 Å². The first-order valence-corrected chi connectivity index (χ1v) is 6.19. The Bertz CT molecular complexity index is 584. The van der Waals surface area contributed by atoms with Crippen molar-refractivity contribution in [2.75, 3.05) is 4.90 Å². The third-order valence-corrected chi connectivity index (χ3v) is 3.43. The molecule has 0 N–H and O–H groups in total. The first kappa shape index (κ1) is 10.9. The Kier molecular flexibility index (Phi) is 2.74. The molecule has 1 unspecified atom stereocenters. The van der Waals surface area contributed by atoms with Crippen LogP contribution in [-0.2, 0) is 6.42 Å². The van der Waals surface area contributed by atoms with E-state index in [4.69, 9.17) is 5.26 Å². The number of benzene rings is 2. The van der Waals surface area contributed by atoms with Crippen molar-refractivity contribution in [3.05, 3.63) is 60.2 Å². The van der Waals surface area contributed by atoms with Crippen molar-refractivity contribution >= 4 is 11.4 Å². The summed E-state index contributed by atoms with van der Waals surface area (Å²) in [7, 11) is 0. The summed E-state index contributed by atoms with van der Waals surface area (Å²) < 4.78 is 0. The Balaban J connectivity index is 2.06. The third-order valence-electron chi connectivity index (χ3n) is 3.43. The van der Waals surface area contributed by atoms with Crippen molar-refractivity contribution in [1.82, 2.24) is 0 Å². The number of hydrogen-bond donors (Lipinski definition) is 0. The van der Waals surface area contributed by atoms with Crippen molar-refractivity contribution < 1.29 is 0 Å². The van der Waals surface area contributed by atoms with Crippen molar-refractivity contribution in [2.45, 2.75) is 18.9 Å². The molecule has 0 radical (unpaired) electrons. The Hall–Kier alpha value is -2.27. The molecule has 1 aliphatic heterocycles. The summed E-state index contributed by atoms with van der Waals surface area (Å²) in [6.45, 7) is 0. The molecule has 2 aromatic rings. The molecule has 0 fully saturated rings. The monoisotopic (exact) mass is 234 g/mol. The lowest BCUT2D eigenvalue weighted by atomic mass is 10.1. The molecule has 1 heterocycles. The van der Waals surface area contributed by atoms with Gasteiger partial charge in [0.2, 0.25) is 0 Å². The van der Waals surface area contributed by atoms with Gasteiger partial charge in [-0.25, -0.2) is 0 Å². The molecule has 18 heavy (non-hydrogen) atoms. The quantitative estimate of drug-likeness (QED) is 0.792. The highest BCUT2D eigenvalue weighted by molar-refractivity contribution is 5.71. The van der Waals surface area contributed by atoms with Gasteiger partial charge in [0.05, 0.1) is 18.5 Å². The molecule has 2 aromatic carbocycles. The van der Waals surface area contributed by atoms with Crippen LogP contribution in [0.1, 0.15) is 12.0 Å². The fourth-order valence-electron chi connectivity index (χ4n) is 2.67. The highest BCUT2D eigenvalue weighted by Gasteiger charge is 2.29. The smallest absolute Gasteiger partial charge is 0.0643 e. The summed E-state index contributed by atoms with van der Waals surface area (Å²) >= 11 is 0. The summed E-state index contributed by atoms with van der Waals surface area (Å²) in [5, 5.41) is 8.99. The molecule has 0 aliphatic carbocycles. The van der Waals surface area contributed by atoms with Crippen LogP contribution < -0.4 is 4.90 Å². The average molecular weight is 234 g/mol. The third kappa shape index (κ3) is 1.74. The van der Waals surface area contributed by atoms with Crippen molar-refractivity contribution in [3.8, 4) is 6.07 Å². The van der Waals surface area contributed by atoms with E-state index in [1.54, 1.807) is 0 Å². The van der Waals surface area contributed by atoms with E-state index in [1.807, 2.05) is 18.2 Å². The first-order valence-electron chi connectivity index (χ1n) is 6.19. The Morgan fingerprint density at radius 3 is 2.56 bits per heavy atom. The van der Waals surface area contributed by atoms with E-state index in [9.17, 15) is 0 Å². The minimum absolute atomic E-state index is 0.259. The van der Waals surface area contributed by atoms with Crippen LogP contribution in [0, 0.1) is 11.3 Å². The molecule has 88 valence electrons. The highest BCUT2D eigenvalue weighted by Crippen LogP contribution is 2.38. The molecule has 0 bridgehead atoms. The first-order chi connectivity index (χ1) is 8.90. The number of anilines is 2. The summed E-state index contributed by atoms with van der Waals surface area (Å²) in [5.74, 6) is 0. The average Bonchev–Trinajstić information content (AvgIpc) is 2.78. The lowest BCUT2D eigenvalue weighted by Crippen LogP contribution is -2.26. The predicted molar refractivity (Wildman–Crippen MR) is 72.7 cm³/mol. The van der Waals surface area contributed by atoms with Gasteiger partial charge in [-0.1, -0.05) is 36.4 Å². The van der Waals surface area contributed by atoms with Crippen molar-refractivity contribution in [2.24, 2.45) is 0 Å². The molecule has 0 amide bonds. The van der Waals surface area contributed by atoms with Gasteiger partial charge in [0.25, 0.3) is 0 Å². The molecule has 2 heteroatoms. The maximum absolute atomic E-state index is 8.99. The van der Waals surface area contributed by atoms with Gasteiger partial charge in [0, 0.05) is 11.4 Å². The Labute approximate surface area is 107 Å². The Morgan fingerprint density at radius 1 is 1.06 bits per heavy atom. The van der Waals surface area contributed by atoms with Gasteiger partial charge >= 0.3 is 0 Å². The van der Waals surface area contributed by atoms with Crippen molar-refractivity contribution in [1.29, 1.82) is 5.26 Å². The van der Waals surface area contributed by atoms with Crippen LogP contribution >= 0.6 is 0 Å². The Morgan fingerprint density at radius 2 is 1.78 bits per heavy atom. The van der Waals surface area contributed by atoms with Crippen LogP contribution in [0.3, 0.4) is 0 Å². The minimum Gasteiger partial charge on any atom is -0.337 e. The van der Waals surface area contributed by atoms with E-state index in [2.05, 4.69) is 47.4 Å². The van der Waals surface area contributed by atoms with Crippen molar-refractivity contribution in [3.63, 3.8) is 0 Å². The van der Waals surface area contributed by atoms with E-state index >= 15 is 0 Å². The van der Waals surface area contributed by atoms with Gasteiger partial charge in [0.1, 0.15) is 0 Å². The van der Waals surface area contributed by atoms with E-state index in [0.717, 1.165) is 6.42 Å². The van der Waals surface area contributed by atoms with Gasteiger partial charge in [-0.2, -0.15) is 5.26 Å². The second-order valence-electron chi connectivity index (χ2n) is 4.55. The fourth-order valence-corrected chi connectivity index (χ4v) is 2.67. The molecule has 3 rings (SSSR count). The van der Waals surface area contributed by atoms with Gasteiger partial charge in [-0.3, -0.25) is 0 Å². The number of fused-ring (bicyclic) bond motifs is 1. The maximum atomic E-state index is 8.99. The summed E-state index contributed by atoms with van der Waals surface area (Å²) in [6.07, 6.45) is 1.52. The van der Waals surface area contributed by atoms with Crippen LogP contribution in [0.15, 0.2) is 54.6 Å². The van der Waals surface area contributed by atoms with Gasteiger partial charge < -0.3 is 4.90 Å². The topological polar surface area (TPSA) is 27.0 Å². The standard InChI is InChI=1S/C16H14N2/c17-11-10-15-12-13-6-4-5-9-16(13)18(15)14-7-2-1-3-8-14/h1-9,15H,10,12H2. The highest BCUT2D eigenvalue weighted by atomic mass is 15.2. The summed E-state index contributed by atoms with van der Waals surface area (Å²) in [6, 6.07) is 21.3. The van der Waals surface area contributed by atoms with E-state index in [0.29, 0.717) is 6.42 Å². The van der Waals surface area contributed by atoms with Gasteiger partial charge in [0.15, 0.2) is 0 Å². The summed E-state index contributed by atoms with van der Waals surface area (Å²) in [5.41, 5.74) is 3.74. The zero-order chi connectivity index (χ0) is 12.4. The van der Waals surface area contributed by atoms with Crippen LogP contribution in [0.5, 0.6) is 0 Å². The van der Waals surface area contributed by atoms with E-state index < -0.39 is 0 Å². The molecule has 0 saturated carbocycles. The number of hydrogen-bond acceptors (Lipinski definition) is 2. The molecule has 0 aromatic heterocycles. The largest absolute Gasteiger partial charge is 0.337 e. The zero-order valence-electron chi connectivity index (χ0n) is 10.1. The van der Waals surface area contributed by atoms with Gasteiger partial charge in [-0.15, -0.1) is 0 Å². The predicted octanol–water partition coefficient (Wildman–Crippen LogP) is 3.66. The zero-order valence-corrected chi connectivity index (χ0v) is 10.1. The minimum atomic E-state index is 0.259. The van der Waals surface area contributed by atoms with E-state index in [-0.39, 0.29) is 6.04 Å². The number of rotatable bonds is 2. The SMILES string of the molecule is N#CCC1Cc2ccccc2N1c1ccccc1. The number of nitriles is 1. The lowest BCUT2D eigenvalue weighted by molar-refractivity contribution is 0.704.